The van der Waals surface area contributed by atoms with Crippen LogP contribution in [0, 0.1) is 6.92 Å². The number of aromatic nitrogens is 2. The molecule has 2 aromatic carbocycles. The minimum atomic E-state index is 0.193. The van der Waals surface area contributed by atoms with Gasteiger partial charge in [-0.15, -0.1) is 0 Å². The van der Waals surface area contributed by atoms with Crippen LogP contribution in [0.3, 0.4) is 0 Å². The molecule has 0 saturated heterocycles. The van der Waals surface area contributed by atoms with Crippen LogP contribution in [-0.4, -0.2) is 15.2 Å². The van der Waals surface area contributed by atoms with Gasteiger partial charge in [-0.05, 0) is 31.0 Å². The van der Waals surface area contributed by atoms with E-state index in [2.05, 4.69) is 41.3 Å². The van der Waals surface area contributed by atoms with Crippen molar-refractivity contribution in [2.24, 2.45) is 0 Å². The largest absolute Gasteiger partial charge is 0.508 e. The van der Waals surface area contributed by atoms with Gasteiger partial charge in [-0.1, -0.05) is 47.1 Å². The van der Waals surface area contributed by atoms with Crippen LogP contribution in [0.5, 0.6) is 5.75 Å². The van der Waals surface area contributed by atoms with Crippen molar-refractivity contribution >= 4 is 0 Å². The van der Waals surface area contributed by atoms with Gasteiger partial charge >= 0.3 is 0 Å². The van der Waals surface area contributed by atoms with E-state index in [1.165, 1.54) is 11.1 Å². The Morgan fingerprint density at radius 2 is 1.90 bits per heavy atom. The van der Waals surface area contributed by atoms with Gasteiger partial charge in [0.2, 0.25) is 11.7 Å². The van der Waals surface area contributed by atoms with Crippen LogP contribution in [0.1, 0.15) is 17.0 Å². The van der Waals surface area contributed by atoms with Crippen molar-refractivity contribution in [1.82, 2.24) is 10.1 Å². The number of hydrogen-bond donors (Lipinski definition) is 1. The van der Waals surface area contributed by atoms with Gasteiger partial charge in [-0.3, -0.25) is 0 Å². The monoisotopic (exact) mass is 280 g/mol. The lowest BCUT2D eigenvalue weighted by atomic mass is 10.1. The molecule has 0 radical (unpaired) electrons. The van der Waals surface area contributed by atoms with Gasteiger partial charge < -0.3 is 9.63 Å². The number of rotatable bonds is 4. The maximum atomic E-state index is 9.47. The molecular formula is C17H16N2O2. The zero-order valence-electron chi connectivity index (χ0n) is 11.8. The zero-order valence-corrected chi connectivity index (χ0v) is 11.8. The highest BCUT2D eigenvalue weighted by atomic mass is 16.5. The first-order chi connectivity index (χ1) is 10.2. The summed E-state index contributed by atoms with van der Waals surface area (Å²) in [6.45, 7) is 2.08. The van der Waals surface area contributed by atoms with Gasteiger partial charge in [0.05, 0.1) is 0 Å². The maximum Gasteiger partial charge on any atom is 0.227 e. The number of benzene rings is 2. The summed E-state index contributed by atoms with van der Waals surface area (Å²) in [6, 6.07) is 15.2. The van der Waals surface area contributed by atoms with Gasteiger partial charge in [-0.25, -0.2) is 0 Å². The van der Waals surface area contributed by atoms with Gasteiger partial charge in [0.15, 0.2) is 0 Å². The van der Waals surface area contributed by atoms with Crippen LogP contribution in [0.2, 0.25) is 0 Å². The van der Waals surface area contributed by atoms with Crippen molar-refractivity contribution in [3.63, 3.8) is 0 Å². The molecule has 0 bridgehead atoms. The van der Waals surface area contributed by atoms with Gasteiger partial charge in [0.1, 0.15) is 5.75 Å². The third kappa shape index (κ3) is 3.28. The fraction of sp³-hybridized carbons (Fsp3) is 0.176. The Kier molecular flexibility index (Phi) is 3.69. The highest BCUT2D eigenvalue weighted by Gasteiger charge is 2.09. The van der Waals surface area contributed by atoms with E-state index >= 15 is 0 Å². The Hall–Kier alpha value is -2.62. The van der Waals surface area contributed by atoms with E-state index in [0.29, 0.717) is 18.1 Å². The normalized spacial score (nSPS) is 10.7. The molecule has 3 aromatic rings. The standard InChI is InChI=1S/C17H16N2O2/c1-12-4-2-5-13(10-12)8-9-16-18-17(19-21-16)14-6-3-7-15(20)11-14/h2-7,10-11,20H,8-9H2,1H3. The van der Waals surface area contributed by atoms with Crippen molar-refractivity contribution in [2.75, 3.05) is 0 Å². The molecule has 1 aromatic heterocycles. The molecule has 0 unspecified atom stereocenters. The summed E-state index contributed by atoms with van der Waals surface area (Å²) in [5.74, 6) is 1.30. The van der Waals surface area contributed by atoms with Crippen molar-refractivity contribution < 1.29 is 9.63 Å². The highest BCUT2D eigenvalue weighted by molar-refractivity contribution is 5.56. The van der Waals surface area contributed by atoms with Crippen molar-refractivity contribution in [3.8, 4) is 17.1 Å². The summed E-state index contributed by atoms with van der Waals surface area (Å²) in [4.78, 5) is 4.37. The molecule has 106 valence electrons. The van der Waals surface area contributed by atoms with Crippen LogP contribution in [-0.2, 0) is 12.8 Å². The van der Waals surface area contributed by atoms with E-state index in [9.17, 15) is 5.11 Å². The molecule has 0 atom stereocenters. The molecule has 0 aliphatic rings. The minimum Gasteiger partial charge on any atom is -0.508 e. The number of aryl methyl sites for hydroxylation is 3. The molecule has 3 rings (SSSR count). The lowest BCUT2D eigenvalue weighted by Gasteiger charge is -1.99. The molecule has 0 aliphatic carbocycles. The second-order valence-electron chi connectivity index (χ2n) is 5.05. The predicted molar refractivity (Wildman–Crippen MR) is 80.0 cm³/mol. The lowest BCUT2D eigenvalue weighted by Crippen LogP contribution is -1.92. The van der Waals surface area contributed by atoms with Crippen molar-refractivity contribution in [1.29, 1.82) is 0 Å². The SMILES string of the molecule is Cc1cccc(CCc2nc(-c3cccc(O)c3)no2)c1. The van der Waals surface area contributed by atoms with Crippen molar-refractivity contribution in [3.05, 3.63) is 65.5 Å². The van der Waals surface area contributed by atoms with E-state index in [4.69, 9.17) is 4.52 Å². The first kappa shape index (κ1) is 13.4. The predicted octanol–water partition coefficient (Wildman–Crippen LogP) is 3.54. The number of hydrogen-bond acceptors (Lipinski definition) is 4. The lowest BCUT2D eigenvalue weighted by molar-refractivity contribution is 0.379. The quantitative estimate of drug-likeness (QED) is 0.794. The van der Waals surface area contributed by atoms with Crippen LogP contribution in [0.25, 0.3) is 11.4 Å². The Balaban J connectivity index is 1.71. The molecule has 0 aliphatic heterocycles. The summed E-state index contributed by atoms with van der Waals surface area (Å²) in [6.07, 6.45) is 1.57. The summed E-state index contributed by atoms with van der Waals surface area (Å²) in [5.41, 5.74) is 3.26. The third-order valence-electron chi connectivity index (χ3n) is 3.28. The van der Waals surface area contributed by atoms with E-state index < -0.39 is 0 Å². The number of phenolic OH excluding ortho intramolecular Hbond substituents is 1. The average Bonchev–Trinajstić information content (AvgIpc) is 2.94. The first-order valence-electron chi connectivity index (χ1n) is 6.88. The molecule has 0 amide bonds. The number of phenols is 1. The molecule has 21 heavy (non-hydrogen) atoms. The molecule has 0 saturated carbocycles. The van der Waals surface area contributed by atoms with Crippen LogP contribution in [0.15, 0.2) is 53.1 Å². The van der Waals surface area contributed by atoms with E-state index in [-0.39, 0.29) is 5.75 Å². The minimum absolute atomic E-state index is 0.193. The topological polar surface area (TPSA) is 59.2 Å². The zero-order chi connectivity index (χ0) is 14.7. The summed E-state index contributed by atoms with van der Waals surface area (Å²) in [5, 5.41) is 13.4. The van der Waals surface area contributed by atoms with Gasteiger partial charge in [-0.2, -0.15) is 4.98 Å². The molecule has 0 spiro atoms. The fourth-order valence-electron chi connectivity index (χ4n) is 2.24. The number of nitrogens with zero attached hydrogens (tertiary/aromatic N) is 2. The third-order valence-corrected chi connectivity index (χ3v) is 3.28. The second-order valence-corrected chi connectivity index (χ2v) is 5.05. The smallest absolute Gasteiger partial charge is 0.227 e. The Labute approximate surface area is 123 Å². The van der Waals surface area contributed by atoms with Gasteiger partial charge in [0.25, 0.3) is 0 Å². The summed E-state index contributed by atoms with van der Waals surface area (Å²) < 4.78 is 5.27. The second kappa shape index (κ2) is 5.79. The summed E-state index contributed by atoms with van der Waals surface area (Å²) >= 11 is 0. The highest BCUT2D eigenvalue weighted by Crippen LogP contribution is 2.20. The Bertz CT molecular complexity index is 750. The van der Waals surface area contributed by atoms with E-state index in [1.807, 2.05) is 6.07 Å². The number of aromatic hydroxyl groups is 1. The molecule has 0 fully saturated rings. The van der Waals surface area contributed by atoms with E-state index in [0.717, 1.165) is 12.0 Å². The fourth-order valence-corrected chi connectivity index (χ4v) is 2.24. The maximum absolute atomic E-state index is 9.47. The van der Waals surface area contributed by atoms with Crippen LogP contribution in [0.4, 0.5) is 0 Å². The average molecular weight is 280 g/mol. The molecule has 1 heterocycles. The van der Waals surface area contributed by atoms with E-state index in [1.54, 1.807) is 18.2 Å². The Morgan fingerprint density at radius 1 is 1.05 bits per heavy atom. The molecule has 1 N–H and O–H groups in total. The van der Waals surface area contributed by atoms with Crippen LogP contribution >= 0.6 is 0 Å². The molecule has 4 heteroatoms. The van der Waals surface area contributed by atoms with Crippen molar-refractivity contribution in [2.45, 2.75) is 19.8 Å². The Morgan fingerprint density at radius 3 is 2.71 bits per heavy atom. The summed E-state index contributed by atoms with van der Waals surface area (Å²) in [7, 11) is 0. The molecule has 4 nitrogen and oxygen atoms in total. The van der Waals surface area contributed by atoms with Gasteiger partial charge in [0, 0.05) is 12.0 Å². The molecular weight excluding hydrogens is 264 g/mol. The first-order valence-corrected chi connectivity index (χ1v) is 6.88. The van der Waals surface area contributed by atoms with Crippen LogP contribution < -0.4 is 0 Å².